The van der Waals surface area contributed by atoms with Crippen molar-refractivity contribution in [1.29, 1.82) is 0 Å². The van der Waals surface area contributed by atoms with Crippen molar-refractivity contribution in [3.8, 4) is 16.9 Å². The number of ether oxygens (including phenoxy) is 1. The number of hydrogen-bond donors (Lipinski definition) is 3. The van der Waals surface area contributed by atoms with E-state index in [1.165, 1.54) is 34.5 Å². The highest BCUT2D eigenvalue weighted by atomic mass is 16.5. The number of nitrogens with one attached hydrogen (secondary N) is 2. The lowest BCUT2D eigenvalue weighted by molar-refractivity contribution is 0.144. The van der Waals surface area contributed by atoms with Crippen molar-refractivity contribution < 1.29 is 14.6 Å². The number of pyridine rings is 1. The molecule has 146 valence electrons. The zero-order valence-corrected chi connectivity index (χ0v) is 15.6. The van der Waals surface area contributed by atoms with Gasteiger partial charge in [-0.2, -0.15) is 0 Å². The summed E-state index contributed by atoms with van der Waals surface area (Å²) in [4.78, 5) is 25.6. The maximum Gasteiger partial charge on any atom is 0.407 e. The third-order valence-electron chi connectivity index (χ3n) is 4.92. The summed E-state index contributed by atoms with van der Waals surface area (Å²) in [6.45, 7) is 0.522. The quantitative estimate of drug-likeness (QED) is 0.622. The van der Waals surface area contributed by atoms with Gasteiger partial charge in [0.1, 0.15) is 6.61 Å². The van der Waals surface area contributed by atoms with Crippen molar-refractivity contribution >= 4 is 12.2 Å². The molecule has 0 bridgehead atoms. The average molecular weight is 388 g/mol. The number of hydrogen-bond acceptors (Lipinski definition) is 4. The van der Waals surface area contributed by atoms with E-state index >= 15 is 0 Å². The molecule has 6 heteroatoms. The lowest BCUT2D eigenvalue weighted by Gasteiger charge is -2.14. The van der Waals surface area contributed by atoms with Crippen molar-refractivity contribution in [1.82, 2.24) is 10.3 Å². The number of aromatic amines is 1. The number of H-pyrrole nitrogens is 1. The van der Waals surface area contributed by atoms with Crippen LogP contribution in [0.15, 0.2) is 71.7 Å². The van der Waals surface area contributed by atoms with Crippen LogP contribution >= 0.6 is 0 Å². The lowest BCUT2D eigenvalue weighted by Crippen LogP contribution is -2.26. The zero-order valence-electron chi connectivity index (χ0n) is 15.6. The van der Waals surface area contributed by atoms with Gasteiger partial charge in [-0.15, -0.1) is 0 Å². The predicted molar refractivity (Wildman–Crippen MR) is 111 cm³/mol. The molecule has 0 unspecified atom stereocenters. The molecular formula is C23H20N2O4. The Morgan fingerprint density at radius 1 is 1.10 bits per heavy atom. The highest BCUT2D eigenvalue weighted by Crippen LogP contribution is 2.44. The molecular weight excluding hydrogens is 368 g/mol. The van der Waals surface area contributed by atoms with Crippen molar-refractivity contribution in [3.63, 3.8) is 0 Å². The summed E-state index contributed by atoms with van der Waals surface area (Å²) in [5.41, 5.74) is 4.78. The Bertz CT molecular complexity index is 1090. The van der Waals surface area contributed by atoms with Gasteiger partial charge < -0.3 is 20.1 Å². The first-order valence-electron chi connectivity index (χ1n) is 9.30. The number of carbonyl (C=O) groups is 1. The SMILES string of the molecule is O=C(NCC=Cc1c[nH]c(=O)c(O)c1)OCC1c2ccccc2-c2ccccc21. The van der Waals surface area contributed by atoms with E-state index in [4.69, 9.17) is 4.74 Å². The summed E-state index contributed by atoms with van der Waals surface area (Å²) in [7, 11) is 0. The van der Waals surface area contributed by atoms with Crippen LogP contribution in [0, 0.1) is 0 Å². The Morgan fingerprint density at radius 2 is 1.76 bits per heavy atom. The van der Waals surface area contributed by atoms with Gasteiger partial charge in [-0.3, -0.25) is 4.79 Å². The van der Waals surface area contributed by atoms with E-state index in [2.05, 4.69) is 34.6 Å². The molecule has 4 rings (SSSR count). The minimum absolute atomic E-state index is 0.0211. The standard InChI is InChI=1S/C23H20N2O4/c26-21-12-15(13-25-22(21)27)6-5-11-24-23(28)29-14-20-18-9-3-1-7-16(18)17-8-2-4-10-19(17)20/h1-10,12-13,20,26H,11,14H2,(H,24,28)(H,25,27). The van der Waals surface area contributed by atoms with Crippen LogP contribution in [0.2, 0.25) is 0 Å². The van der Waals surface area contributed by atoms with Gasteiger partial charge in [-0.25, -0.2) is 4.79 Å². The van der Waals surface area contributed by atoms with E-state index in [0.717, 1.165) is 0 Å². The Hall–Kier alpha value is -3.80. The van der Waals surface area contributed by atoms with E-state index in [-0.39, 0.29) is 24.8 Å². The van der Waals surface area contributed by atoms with Crippen LogP contribution in [0.1, 0.15) is 22.6 Å². The minimum Gasteiger partial charge on any atom is -0.503 e. The molecule has 1 amide bonds. The van der Waals surface area contributed by atoms with Crippen molar-refractivity contribution in [3.05, 3.63) is 93.9 Å². The summed E-state index contributed by atoms with van der Waals surface area (Å²) in [6, 6.07) is 17.7. The molecule has 6 nitrogen and oxygen atoms in total. The Balaban J connectivity index is 1.34. The number of fused-ring (bicyclic) bond motifs is 3. The highest BCUT2D eigenvalue weighted by molar-refractivity contribution is 5.79. The Labute approximate surface area is 167 Å². The summed E-state index contributed by atoms with van der Waals surface area (Å²) < 4.78 is 5.46. The number of aromatic nitrogens is 1. The first kappa shape index (κ1) is 18.6. The van der Waals surface area contributed by atoms with Crippen LogP contribution in [-0.2, 0) is 4.74 Å². The summed E-state index contributed by atoms with van der Waals surface area (Å²) >= 11 is 0. The second-order valence-corrected chi connectivity index (χ2v) is 6.76. The number of aromatic hydroxyl groups is 1. The van der Waals surface area contributed by atoms with Crippen LogP contribution in [0.25, 0.3) is 17.2 Å². The van der Waals surface area contributed by atoms with Gasteiger partial charge in [0.2, 0.25) is 0 Å². The van der Waals surface area contributed by atoms with Gasteiger partial charge in [0.15, 0.2) is 5.75 Å². The smallest absolute Gasteiger partial charge is 0.407 e. The van der Waals surface area contributed by atoms with Gasteiger partial charge in [-0.05, 0) is 33.9 Å². The van der Waals surface area contributed by atoms with Gasteiger partial charge in [-0.1, -0.05) is 60.7 Å². The molecule has 0 saturated heterocycles. The molecule has 29 heavy (non-hydrogen) atoms. The second-order valence-electron chi connectivity index (χ2n) is 6.76. The van der Waals surface area contributed by atoms with Crippen LogP contribution in [0.5, 0.6) is 5.75 Å². The van der Waals surface area contributed by atoms with Crippen molar-refractivity contribution in [2.75, 3.05) is 13.2 Å². The normalized spacial score (nSPS) is 12.6. The number of alkyl carbamates (subject to hydrolysis) is 1. The second kappa shape index (κ2) is 8.06. The first-order chi connectivity index (χ1) is 14.1. The van der Waals surface area contributed by atoms with Crippen LogP contribution in [0.3, 0.4) is 0 Å². The molecule has 1 heterocycles. The average Bonchev–Trinajstić information content (AvgIpc) is 3.06. The molecule has 0 atom stereocenters. The first-order valence-corrected chi connectivity index (χ1v) is 9.30. The number of amides is 1. The molecule has 0 spiro atoms. The van der Waals surface area contributed by atoms with Crippen LogP contribution in [0.4, 0.5) is 4.79 Å². The fraction of sp³-hybridized carbons (Fsp3) is 0.130. The topological polar surface area (TPSA) is 91.4 Å². The molecule has 3 aromatic rings. The Kier molecular flexibility index (Phi) is 5.16. The third kappa shape index (κ3) is 3.91. The number of rotatable bonds is 5. The Morgan fingerprint density at radius 3 is 2.41 bits per heavy atom. The summed E-state index contributed by atoms with van der Waals surface area (Å²) in [5, 5.41) is 12.1. The van der Waals surface area contributed by atoms with Gasteiger partial charge >= 0.3 is 6.09 Å². The molecule has 3 N–H and O–H groups in total. The predicted octanol–water partition coefficient (Wildman–Crippen LogP) is 3.63. The fourth-order valence-electron chi connectivity index (χ4n) is 3.57. The highest BCUT2D eigenvalue weighted by Gasteiger charge is 2.28. The van der Waals surface area contributed by atoms with E-state index in [0.29, 0.717) is 5.56 Å². The molecule has 2 aromatic carbocycles. The van der Waals surface area contributed by atoms with E-state index < -0.39 is 11.7 Å². The maximum atomic E-state index is 12.1. The number of carbonyl (C=O) groups excluding carboxylic acids is 1. The van der Waals surface area contributed by atoms with E-state index in [1.807, 2.05) is 24.3 Å². The number of benzene rings is 2. The molecule has 1 aromatic heterocycles. The van der Waals surface area contributed by atoms with Gasteiger partial charge in [0.25, 0.3) is 5.56 Å². The summed E-state index contributed by atoms with van der Waals surface area (Å²) in [6.07, 6.45) is 4.36. The largest absolute Gasteiger partial charge is 0.503 e. The molecule has 1 aliphatic carbocycles. The molecule has 0 radical (unpaired) electrons. The van der Waals surface area contributed by atoms with Crippen molar-refractivity contribution in [2.24, 2.45) is 0 Å². The third-order valence-corrected chi connectivity index (χ3v) is 4.92. The van der Waals surface area contributed by atoms with Gasteiger partial charge in [0.05, 0.1) is 0 Å². The molecule has 0 saturated carbocycles. The van der Waals surface area contributed by atoms with Crippen molar-refractivity contribution in [2.45, 2.75) is 5.92 Å². The molecule has 1 aliphatic rings. The summed E-state index contributed by atoms with van der Waals surface area (Å²) in [5.74, 6) is -0.329. The lowest BCUT2D eigenvalue weighted by atomic mass is 9.98. The fourth-order valence-corrected chi connectivity index (χ4v) is 3.57. The van der Waals surface area contributed by atoms with Gasteiger partial charge in [0, 0.05) is 18.7 Å². The van der Waals surface area contributed by atoms with E-state index in [1.54, 1.807) is 12.2 Å². The minimum atomic E-state index is -0.543. The monoisotopic (exact) mass is 388 g/mol. The molecule has 0 aliphatic heterocycles. The zero-order chi connectivity index (χ0) is 20.2. The molecule has 0 fully saturated rings. The van der Waals surface area contributed by atoms with Crippen LogP contribution in [-0.4, -0.2) is 29.3 Å². The van der Waals surface area contributed by atoms with Crippen LogP contribution < -0.4 is 10.9 Å². The maximum absolute atomic E-state index is 12.1. The van der Waals surface area contributed by atoms with E-state index in [9.17, 15) is 14.7 Å².